The summed E-state index contributed by atoms with van der Waals surface area (Å²) in [6.45, 7) is 0.476. The van der Waals surface area contributed by atoms with Crippen molar-refractivity contribution in [2.24, 2.45) is 0 Å². The smallest absolute Gasteiger partial charge is 0.312 e. The quantitative estimate of drug-likeness (QED) is 0.378. The number of hydroxylamine groups is 3. The van der Waals surface area contributed by atoms with Gasteiger partial charge in [0.1, 0.15) is 6.04 Å². The molecular formula is C12H20N4O7S. The summed E-state index contributed by atoms with van der Waals surface area (Å²) >= 11 is 0. The van der Waals surface area contributed by atoms with Crippen LogP contribution in [-0.4, -0.2) is 72.7 Å². The Labute approximate surface area is 139 Å². The fourth-order valence-electron chi connectivity index (χ4n) is 3.03. The molecule has 3 fully saturated rings. The van der Waals surface area contributed by atoms with Crippen LogP contribution in [0, 0.1) is 0 Å². The maximum atomic E-state index is 12.2. The van der Waals surface area contributed by atoms with E-state index < -0.39 is 34.4 Å². The zero-order chi connectivity index (χ0) is 17.5. The number of fused-ring (bicyclic) bond motifs is 2. The molecule has 136 valence electrons. The highest BCUT2D eigenvalue weighted by atomic mass is 32.3. The minimum absolute atomic E-state index is 0.0888. The van der Waals surface area contributed by atoms with E-state index in [1.54, 1.807) is 0 Å². The first kappa shape index (κ1) is 17.4. The summed E-state index contributed by atoms with van der Waals surface area (Å²) in [6, 6.07) is -2.07. The van der Waals surface area contributed by atoms with Crippen LogP contribution in [0.25, 0.3) is 0 Å². The van der Waals surface area contributed by atoms with Crippen LogP contribution in [0.4, 0.5) is 4.79 Å². The van der Waals surface area contributed by atoms with Gasteiger partial charge < -0.3 is 10.2 Å². The number of urea groups is 1. The number of likely N-dealkylation sites (N-methyl/N-ethyl adjacent to an activating group) is 1. The first-order valence-corrected chi connectivity index (χ1v) is 8.99. The van der Waals surface area contributed by atoms with E-state index in [1.165, 1.54) is 4.90 Å². The molecule has 0 unspecified atom stereocenters. The fourth-order valence-corrected chi connectivity index (χ4v) is 3.42. The van der Waals surface area contributed by atoms with Gasteiger partial charge in [0.25, 0.3) is 5.91 Å². The zero-order valence-corrected chi connectivity index (χ0v) is 13.9. The number of nitrogens with one attached hydrogen (secondary N) is 2. The third-order valence-corrected chi connectivity index (χ3v) is 5.05. The number of hydrogen-bond donors (Lipinski definition) is 3. The van der Waals surface area contributed by atoms with Crippen molar-refractivity contribution in [3.8, 4) is 0 Å². The summed E-state index contributed by atoms with van der Waals surface area (Å²) in [5.41, 5.74) is 2.26. The number of amides is 3. The van der Waals surface area contributed by atoms with Gasteiger partial charge in [-0.2, -0.15) is 13.5 Å². The summed E-state index contributed by atoms with van der Waals surface area (Å²) in [5, 5.41) is 3.72. The molecule has 3 N–H and O–H groups in total. The normalized spacial score (nSPS) is 28.2. The van der Waals surface area contributed by atoms with Crippen molar-refractivity contribution in [2.75, 3.05) is 20.2 Å². The molecule has 11 nitrogen and oxygen atoms in total. The van der Waals surface area contributed by atoms with Crippen molar-refractivity contribution in [1.82, 2.24) is 20.8 Å². The van der Waals surface area contributed by atoms with Crippen molar-refractivity contribution >= 4 is 22.3 Å². The lowest BCUT2D eigenvalue weighted by Gasteiger charge is -2.29. The van der Waals surface area contributed by atoms with E-state index in [0.717, 1.165) is 12.8 Å². The summed E-state index contributed by atoms with van der Waals surface area (Å²) in [7, 11) is -2.97. The number of rotatable bonds is 7. The summed E-state index contributed by atoms with van der Waals surface area (Å²) < 4.78 is 34.7. The maximum absolute atomic E-state index is 12.2. The second-order valence-electron chi connectivity index (χ2n) is 6.30. The Hall–Kier alpha value is -1.47. The second-order valence-corrected chi connectivity index (χ2v) is 7.30. The lowest BCUT2D eigenvalue weighted by Crippen LogP contribution is -2.50. The van der Waals surface area contributed by atoms with Gasteiger partial charge in [-0.05, 0) is 32.7 Å². The average Bonchev–Trinajstić information content (AvgIpc) is 3.26. The van der Waals surface area contributed by atoms with E-state index in [2.05, 4.69) is 15.1 Å². The van der Waals surface area contributed by atoms with E-state index in [1.807, 2.05) is 7.05 Å². The molecular weight excluding hydrogens is 344 g/mol. The molecule has 12 heteroatoms. The van der Waals surface area contributed by atoms with Gasteiger partial charge in [-0.25, -0.2) is 10.3 Å². The molecule has 3 rings (SSSR count). The molecule has 0 radical (unpaired) electrons. The Morgan fingerprint density at radius 1 is 1.42 bits per heavy atom. The minimum Gasteiger partial charge on any atom is -0.312 e. The van der Waals surface area contributed by atoms with Gasteiger partial charge in [0.05, 0.1) is 12.6 Å². The first-order valence-electron chi connectivity index (χ1n) is 7.62. The molecule has 0 spiro atoms. The molecule has 24 heavy (non-hydrogen) atoms. The minimum atomic E-state index is -4.80. The van der Waals surface area contributed by atoms with Gasteiger partial charge in [0.2, 0.25) is 0 Å². The van der Waals surface area contributed by atoms with Gasteiger partial charge in [-0.3, -0.25) is 14.2 Å². The summed E-state index contributed by atoms with van der Waals surface area (Å²) in [6.07, 6.45) is 2.65. The number of hydrogen-bond acceptors (Lipinski definition) is 7. The number of carbonyl (C=O) groups excluding carboxylic acids is 2. The van der Waals surface area contributed by atoms with Crippen molar-refractivity contribution < 1.29 is 31.7 Å². The van der Waals surface area contributed by atoms with Crippen LogP contribution < -0.4 is 10.8 Å². The van der Waals surface area contributed by atoms with Crippen LogP contribution in [0.1, 0.15) is 25.7 Å². The van der Waals surface area contributed by atoms with Gasteiger partial charge in [-0.15, -0.1) is 4.28 Å². The van der Waals surface area contributed by atoms with Crippen LogP contribution in [0.15, 0.2) is 0 Å². The standard InChI is InChI=1S/C12H20N4O7S/c1-13-12(4-5-12)7-22-14-10(17)9-3-2-8-6-15(9)11(18)16(8)23-24(19,20)21/h8-9,13H,2-7H2,1H3,(H,14,17)(H,19,20,21)/t8-,9+/m1/s1. The molecule has 3 aliphatic rings. The molecule has 0 aromatic heterocycles. The molecule has 3 amide bonds. The maximum Gasteiger partial charge on any atom is 0.418 e. The number of nitrogens with zero attached hydrogens (tertiary/aromatic N) is 2. The van der Waals surface area contributed by atoms with Gasteiger partial charge in [-0.1, -0.05) is 0 Å². The van der Waals surface area contributed by atoms with Crippen LogP contribution in [-0.2, 0) is 24.3 Å². The Bertz CT molecular complexity index is 635. The fraction of sp³-hybridized carbons (Fsp3) is 0.833. The van der Waals surface area contributed by atoms with E-state index >= 15 is 0 Å². The molecule has 1 aliphatic carbocycles. The molecule has 2 aliphatic heterocycles. The molecule has 2 bridgehead atoms. The summed E-state index contributed by atoms with van der Waals surface area (Å²) in [4.78, 5) is 30.9. The molecule has 2 saturated heterocycles. The molecule has 1 saturated carbocycles. The van der Waals surface area contributed by atoms with Gasteiger partial charge in [0, 0.05) is 12.1 Å². The van der Waals surface area contributed by atoms with E-state index in [0.29, 0.717) is 24.5 Å². The zero-order valence-electron chi connectivity index (χ0n) is 13.1. The predicted molar refractivity (Wildman–Crippen MR) is 78.5 cm³/mol. The topological polar surface area (TPSA) is 138 Å². The van der Waals surface area contributed by atoms with Crippen molar-refractivity contribution in [2.45, 2.75) is 43.3 Å². The van der Waals surface area contributed by atoms with Crippen molar-refractivity contribution in [1.29, 1.82) is 0 Å². The monoisotopic (exact) mass is 364 g/mol. The Kier molecular flexibility index (Phi) is 4.42. The van der Waals surface area contributed by atoms with E-state index in [-0.39, 0.29) is 12.1 Å². The number of carbonyl (C=O) groups is 2. The highest BCUT2D eigenvalue weighted by Gasteiger charge is 2.49. The predicted octanol–water partition coefficient (Wildman–Crippen LogP) is -1.21. The summed E-state index contributed by atoms with van der Waals surface area (Å²) in [5.74, 6) is -0.470. The molecule has 0 aromatic carbocycles. The van der Waals surface area contributed by atoms with Gasteiger partial charge in [0.15, 0.2) is 0 Å². The SMILES string of the molecule is CNC1(CONC(=O)[C@@H]2CC[C@@H]3CN2C(=O)N3OS(=O)(=O)O)CC1. The van der Waals surface area contributed by atoms with Crippen molar-refractivity contribution in [3.63, 3.8) is 0 Å². The Morgan fingerprint density at radius 3 is 2.71 bits per heavy atom. The number of piperidine rings is 1. The highest BCUT2D eigenvalue weighted by molar-refractivity contribution is 7.80. The Balaban J connectivity index is 1.56. The first-order chi connectivity index (χ1) is 11.2. The Morgan fingerprint density at radius 2 is 2.12 bits per heavy atom. The average molecular weight is 364 g/mol. The molecule has 2 heterocycles. The van der Waals surface area contributed by atoms with Crippen LogP contribution >= 0.6 is 0 Å². The molecule has 2 atom stereocenters. The van der Waals surface area contributed by atoms with Crippen molar-refractivity contribution in [3.05, 3.63) is 0 Å². The van der Waals surface area contributed by atoms with Crippen LogP contribution in [0.2, 0.25) is 0 Å². The lowest BCUT2D eigenvalue weighted by atomic mass is 10.0. The van der Waals surface area contributed by atoms with Gasteiger partial charge >= 0.3 is 16.4 Å². The second kappa shape index (κ2) is 6.11. The molecule has 0 aromatic rings. The third-order valence-electron chi connectivity index (χ3n) is 4.71. The largest absolute Gasteiger partial charge is 0.418 e. The highest BCUT2D eigenvalue weighted by Crippen LogP contribution is 2.35. The third kappa shape index (κ3) is 3.47. The van der Waals surface area contributed by atoms with E-state index in [9.17, 15) is 18.0 Å². The van der Waals surface area contributed by atoms with Crippen LogP contribution in [0.5, 0.6) is 0 Å². The van der Waals surface area contributed by atoms with E-state index in [4.69, 9.17) is 9.39 Å². The lowest BCUT2D eigenvalue weighted by molar-refractivity contribution is -0.139. The van der Waals surface area contributed by atoms with Crippen LogP contribution in [0.3, 0.4) is 0 Å².